The summed E-state index contributed by atoms with van der Waals surface area (Å²) >= 11 is 5.62. The van der Waals surface area contributed by atoms with Crippen molar-refractivity contribution in [2.75, 3.05) is 6.61 Å². The topological polar surface area (TPSA) is 63.4 Å². The van der Waals surface area contributed by atoms with Crippen LogP contribution in [0.4, 0.5) is 5.69 Å². The predicted octanol–water partition coefficient (Wildman–Crippen LogP) is 2.25. The molecular weight excluding hydrogens is 206 g/mol. The van der Waals surface area contributed by atoms with Crippen LogP contribution < -0.4 is 0 Å². The minimum absolute atomic E-state index is 0.0674. The molecule has 0 unspecified atom stereocenters. The Morgan fingerprint density at radius 2 is 2.29 bits per heavy atom. The number of nitro benzene ring substituents is 1. The second-order valence-electron chi connectivity index (χ2n) is 2.55. The monoisotopic (exact) mass is 213 g/mol. The van der Waals surface area contributed by atoms with Crippen LogP contribution in [0.3, 0.4) is 0 Å². The molecule has 1 aromatic carbocycles. The molecule has 0 saturated heterocycles. The fraction of sp³-hybridized carbons (Fsp3) is 0.111. The molecular formula is C9H8ClNO3. The number of halogens is 1. The zero-order valence-corrected chi connectivity index (χ0v) is 7.94. The lowest BCUT2D eigenvalue weighted by Gasteiger charge is -1.97. The maximum Gasteiger partial charge on any atom is 0.278 e. The first-order valence-corrected chi connectivity index (χ1v) is 4.24. The Hall–Kier alpha value is -1.39. The first kappa shape index (κ1) is 10.7. The highest BCUT2D eigenvalue weighted by Gasteiger charge is 2.11. The smallest absolute Gasteiger partial charge is 0.278 e. The van der Waals surface area contributed by atoms with Crippen LogP contribution in [0.5, 0.6) is 0 Å². The summed E-state index contributed by atoms with van der Waals surface area (Å²) in [5, 5.41) is 19.4. The van der Waals surface area contributed by atoms with Crippen LogP contribution in [-0.4, -0.2) is 16.6 Å². The molecule has 74 valence electrons. The van der Waals surface area contributed by atoms with Gasteiger partial charge in [0, 0.05) is 11.1 Å². The minimum atomic E-state index is -0.511. The third kappa shape index (κ3) is 2.55. The lowest BCUT2D eigenvalue weighted by molar-refractivity contribution is -0.385. The van der Waals surface area contributed by atoms with Crippen LogP contribution in [0.25, 0.3) is 6.08 Å². The largest absolute Gasteiger partial charge is 0.392 e. The Balaban J connectivity index is 3.15. The van der Waals surface area contributed by atoms with E-state index < -0.39 is 4.92 Å². The number of rotatable bonds is 3. The maximum atomic E-state index is 10.6. The third-order valence-corrected chi connectivity index (χ3v) is 1.83. The second-order valence-corrected chi connectivity index (χ2v) is 2.98. The van der Waals surface area contributed by atoms with Gasteiger partial charge in [0.05, 0.1) is 17.1 Å². The summed E-state index contributed by atoms with van der Waals surface area (Å²) in [6, 6.07) is 4.37. The van der Waals surface area contributed by atoms with Crippen LogP contribution in [0.1, 0.15) is 5.56 Å². The van der Waals surface area contributed by atoms with Gasteiger partial charge >= 0.3 is 0 Å². The Bertz CT molecular complexity index is 376. The molecule has 0 saturated carbocycles. The van der Waals surface area contributed by atoms with E-state index in [2.05, 4.69) is 0 Å². The van der Waals surface area contributed by atoms with Gasteiger partial charge in [0.2, 0.25) is 0 Å². The second kappa shape index (κ2) is 4.74. The van der Waals surface area contributed by atoms with E-state index in [-0.39, 0.29) is 12.3 Å². The van der Waals surface area contributed by atoms with Gasteiger partial charge in [-0.3, -0.25) is 10.1 Å². The van der Waals surface area contributed by atoms with Gasteiger partial charge in [0.1, 0.15) is 0 Å². The van der Waals surface area contributed by atoms with Gasteiger partial charge in [-0.25, -0.2) is 0 Å². The highest BCUT2D eigenvalue weighted by Crippen LogP contribution is 2.23. The summed E-state index contributed by atoms with van der Waals surface area (Å²) in [5.41, 5.74) is 0.357. The summed E-state index contributed by atoms with van der Waals surface area (Å²) < 4.78 is 0. The van der Waals surface area contributed by atoms with Crippen molar-refractivity contribution in [1.82, 2.24) is 0 Å². The number of benzene rings is 1. The molecule has 0 heterocycles. The minimum Gasteiger partial charge on any atom is -0.392 e. The maximum absolute atomic E-state index is 10.6. The summed E-state index contributed by atoms with van der Waals surface area (Å²) in [4.78, 5) is 10.1. The van der Waals surface area contributed by atoms with Crippen LogP contribution >= 0.6 is 11.6 Å². The van der Waals surface area contributed by atoms with Crippen molar-refractivity contribution < 1.29 is 10.0 Å². The number of nitro groups is 1. The van der Waals surface area contributed by atoms with Crippen LogP contribution in [0, 0.1) is 10.1 Å². The molecule has 0 radical (unpaired) electrons. The molecule has 0 aliphatic rings. The number of hydrogen-bond donors (Lipinski definition) is 1. The molecule has 0 aliphatic carbocycles. The fourth-order valence-electron chi connectivity index (χ4n) is 0.996. The van der Waals surface area contributed by atoms with Crippen molar-refractivity contribution in [3.05, 3.63) is 45.0 Å². The van der Waals surface area contributed by atoms with E-state index in [4.69, 9.17) is 16.7 Å². The molecule has 0 fully saturated rings. The summed E-state index contributed by atoms with van der Waals surface area (Å²) in [7, 11) is 0. The molecule has 0 aromatic heterocycles. The fourth-order valence-corrected chi connectivity index (χ4v) is 1.16. The third-order valence-electron chi connectivity index (χ3n) is 1.59. The highest BCUT2D eigenvalue weighted by atomic mass is 35.5. The van der Waals surface area contributed by atoms with E-state index in [1.807, 2.05) is 0 Å². The van der Waals surface area contributed by atoms with Gasteiger partial charge in [-0.2, -0.15) is 0 Å². The number of nitrogens with zero attached hydrogens (tertiary/aromatic N) is 1. The van der Waals surface area contributed by atoms with Crippen molar-refractivity contribution in [2.24, 2.45) is 0 Å². The Morgan fingerprint density at radius 3 is 2.86 bits per heavy atom. The quantitative estimate of drug-likeness (QED) is 0.619. The zero-order valence-electron chi connectivity index (χ0n) is 7.18. The van der Waals surface area contributed by atoms with Gasteiger partial charge in [0.15, 0.2) is 0 Å². The lowest BCUT2D eigenvalue weighted by Crippen LogP contribution is -1.91. The Labute approximate surface area is 85.6 Å². The van der Waals surface area contributed by atoms with Crippen LogP contribution in [0.2, 0.25) is 5.02 Å². The molecule has 0 aliphatic heterocycles. The highest BCUT2D eigenvalue weighted by molar-refractivity contribution is 6.30. The van der Waals surface area contributed by atoms with Crippen molar-refractivity contribution in [2.45, 2.75) is 0 Å². The number of aliphatic hydroxyl groups excluding tert-OH is 1. The van der Waals surface area contributed by atoms with E-state index in [1.54, 1.807) is 6.07 Å². The van der Waals surface area contributed by atoms with Crippen molar-refractivity contribution in [1.29, 1.82) is 0 Å². The van der Waals surface area contributed by atoms with Crippen molar-refractivity contribution >= 4 is 23.4 Å². The first-order valence-electron chi connectivity index (χ1n) is 3.86. The average Bonchev–Trinajstić information content (AvgIpc) is 2.15. The molecule has 1 rings (SSSR count). The average molecular weight is 214 g/mol. The summed E-state index contributed by atoms with van der Waals surface area (Å²) in [6.07, 6.45) is 2.91. The van der Waals surface area contributed by atoms with Crippen molar-refractivity contribution in [3.8, 4) is 0 Å². The molecule has 0 amide bonds. The van der Waals surface area contributed by atoms with Crippen LogP contribution in [-0.2, 0) is 0 Å². The normalized spacial score (nSPS) is 10.7. The lowest BCUT2D eigenvalue weighted by atomic mass is 10.1. The molecule has 1 N–H and O–H groups in total. The molecule has 0 bridgehead atoms. The van der Waals surface area contributed by atoms with Gasteiger partial charge in [-0.05, 0) is 18.2 Å². The van der Waals surface area contributed by atoms with E-state index in [9.17, 15) is 10.1 Å². The van der Waals surface area contributed by atoms with Gasteiger partial charge in [-0.15, -0.1) is 0 Å². The molecule has 4 nitrogen and oxygen atoms in total. The molecule has 0 atom stereocenters. The summed E-state index contributed by atoms with van der Waals surface area (Å²) in [5.74, 6) is 0. The Morgan fingerprint density at radius 1 is 1.57 bits per heavy atom. The van der Waals surface area contributed by atoms with E-state index >= 15 is 0 Å². The van der Waals surface area contributed by atoms with Gasteiger partial charge < -0.3 is 5.11 Å². The van der Waals surface area contributed by atoms with Crippen molar-refractivity contribution in [3.63, 3.8) is 0 Å². The SMILES string of the molecule is O=[N+]([O-])c1cc(Cl)ccc1/C=C/CO. The van der Waals surface area contributed by atoms with Gasteiger partial charge in [-0.1, -0.05) is 17.7 Å². The molecule has 14 heavy (non-hydrogen) atoms. The predicted molar refractivity (Wildman–Crippen MR) is 54.2 cm³/mol. The Kier molecular flexibility index (Phi) is 3.62. The number of hydrogen-bond acceptors (Lipinski definition) is 3. The van der Waals surface area contributed by atoms with Gasteiger partial charge in [0.25, 0.3) is 5.69 Å². The first-order chi connectivity index (χ1) is 6.65. The summed E-state index contributed by atoms with van der Waals surface area (Å²) in [6.45, 7) is -0.153. The zero-order chi connectivity index (χ0) is 10.6. The van der Waals surface area contributed by atoms with E-state index in [1.165, 1.54) is 24.3 Å². The number of aliphatic hydroxyl groups is 1. The van der Waals surface area contributed by atoms with Crippen LogP contribution in [0.15, 0.2) is 24.3 Å². The van der Waals surface area contributed by atoms with E-state index in [0.29, 0.717) is 10.6 Å². The molecule has 0 spiro atoms. The molecule has 1 aromatic rings. The van der Waals surface area contributed by atoms with E-state index in [0.717, 1.165) is 0 Å². The molecule has 5 heteroatoms. The standard InChI is InChI=1S/C9H8ClNO3/c10-8-4-3-7(2-1-5-12)9(6-8)11(13)14/h1-4,6,12H,5H2/b2-1+.